The Morgan fingerprint density at radius 3 is 2.63 bits per heavy atom. The average molecular weight is 500 g/mol. The van der Waals surface area contributed by atoms with E-state index in [0.717, 1.165) is 6.26 Å². The molecule has 1 aromatic carbocycles. The van der Waals surface area contributed by atoms with Crippen LogP contribution in [-0.4, -0.2) is 48.7 Å². The summed E-state index contributed by atoms with van der Waals surface area (Å²) in [7, 11) is -3.99. The molecule has 0 amide bonds. The summed E-state index contributed by atoms with van der Waals surface area (Å²) in [5, 5.41) is 22.3. The fourth-order valence-electron chi connectivity index (χ4n) is 2.11. The van der Waals surface area contributed by atoms with Crippen LogP contribution in [0.25, 0.3) is 0 Å². The molecular formula is C16H14BrN5O7S. The number of anilines is 1. The van der Waals surface area contributed by atoms with Gasteiger partial charge in [0, 0.05) is 10.7 Å². The molecule has 2 aromatic rings. The number of hydrogen-bond donors (Lipinski definition) is 1. The lowest BCUT2D eigenvalue weighted by atomic mass is 10.2. The third-order valence-electron chi connectivity index (χ3n) is 3.27. The van der Waals surface area contributed by atoms with Crippen molar-refractivity contribution in [2.24, 2.45) is 0 Å². The molecule has 14 heteroatoms. The summed E-state index contributed by atoms with van der Waals surface area (Å²) in [5.74, 6) is -1.99. The van der Waals surface area contributed by atoms with E-state index >= 15 is 0 Å². The number of benzene rings is 1. The molecule has 2 rings (SSSR count). The molecule has 1 aromatic heterocycles. The minimum absolute atomic E-state index is 0.0153. The van der Waals surface area contributed by atoms with Crippen LogP contribution in [0.15, 0.2) is 27.8 Å². The zero-order valence-corrected chi connectivity index (χ0v) is 18.0. The maximum Gasteiger partial charge on any atom is 0.373 e. The molecule has 0 unspecified atom stereocenters. The van der Waals surface area contributed by atoms with Gasteiger partial charge in [-0.2, -0.15) is 15.2 Å². The number of nitriles is 1. The highest BCUT2D eigenvalue weighted by atomic mass is 79.9. The number of halogens is 1. The number of sulfone groups is 1. The zero-order chi connectivity index (χ0) is 22.5. The molecule has 0 bridgehead atoms. The van der Waals surface area contributed by atoms with Gasteiger partial charge in [0.1, 0.15) is 12.3 Å². The molecule has 0 aliphatic carbocycles. The lowest BCUT2D eigenvalue weighted by molar-refractivity contribution is -0.385. The third kappa shape index (κ3) is 5.84. The van der Waals surface area contributed by atoms with Crippen LogP contribution >= 0.6 is 15.9 Å². The molecular weight excluding hydrogens is 486 g/mol. The van der Waals surface area contributed by atoms with Crippen LogP contribution in [-0.2, 0) is 19.4 Å². The Morgan fingerprint density at radius 1 is 1.37 bits per heavy atom. The standard InChI is InChI=1S/C16H14BrN5O7S/c1-3-28-12(23)8-19-14-13(22(24)25)15(21-16(20-14)30(2,26)27)29-11-5-9(7-18)4-10(17)6-11/h4-6H,3,8H2,1-2H3,(H,19,20,21). The number of nitrogens with zero attached hydrogens (tertiary/aromatic N) is 4. The van der Waals surface area contributed by atoms with E-state index < -0.39 is 49.8 Å². The number of rotatable bonds is 8. The molecule has 30 heavy (non-hydrogen) atoms. The van der Waals surface area contributed by atoms with E-state index in [0.29, 0.717) is 4.47 Å². The zero-order valence-electron chi connectivity index (χ0n) is 15.6. The van der Waals surface area contributed by atoms with E-state index in [-0.39, 0.29) is 17.9 Å². The van der Waals surface area contributed by atoms with Crippen LogP contribution in [0, 0.1) is 21.4 Å². The van der Waals surface area contributed by atoms with Crippen molar-refractivity contribution >= 4 is 43.2 Å². The Balaban J connectivity index is 2.60. The Hall–Kier alpha value is -3.31. The van der Waals surface area contributed by atoms with E-state index in [1.807, 2.05) is 6.07 Å². The number of carbonyl (C=O) groups is 1. The van der Waals surface area contributed by atoms with E-state index in [4.69, 9.17) is 14.7 Å². The fraction of sp³-hybridized carbons (Fsp3) is 0.250. The summed E-state index contributed by atoms with van der Waals surface area (Å²) in [5.41, 5.74) is -0.620. The number of carbonyl (C=O) groups excluding carboxylic acids is 1. The van der Waals surface area contributed by atoms with Gasteiger partial charge in [0.25, 0.3) is 5.16 Å². The van der Waals surface area contributed by atoms with Gasteiger partial charge in [-0.3, -0.25) is 14.9 Å². The van der Waals surface area contributed by atoms with Crippen LogP contribution in [0.5, 0.6) is 11.6 Å². The quantitative estimate of drug-likeness (QED) is 0.243. The summed E-state index contributed by atoms with van der Waals surface area (Å²) in [6, 6.07) is 6.05. The first-order valence-electron chi connectivity index (χ1n) is 8.09. The maximum absolute atomic E-state index is 11.9. The Labute approximate surface area is 179 Å². The van der Waals surface area contributed by atoms with Gasteiger partial charge >= 0.3 is 17.5 Å². The Bertz CT molecular complexity index is 1150. The molecule has 0 atom stereocenters. The van der Waals surface area contributed by atoms with Crippen LogP contribution in [0.4, 0.5) is 11.5 Å². The van der Waals surface area contributed by atoms with Gasteiger partial charge in [-0.05, 0) is 25.1 Å². The summed E-state index contributed by atoms with van der Waals surface area (Å²) < 4.78 is 34.5. The summed E-state index contributed by atoms with van der Waals surface area (Å²) in [4.78, 5) is 29.6. The first-order chi connectivity index (χ1) is 14.0. The van der Waals surface area contributed by atoms with Crippen molar-refractivity contribution < 1.29 is 27.6 Å². The largest absolute Gasteiger partial charge is 0.465 e. The van der Waals surface area contributed by atoms with Crippen molar-refractivity contribution in [2.75, 3.05) is 24.7 Å². The molecule has 158 valence electrons. The van der Waals surface area contributed by atoms with Crippen LogP contribution in [0.1, 0.15) is 12.5 Å². The van der Waals surface area contributed by atoms with Gasteiger partial charge < -0.3 is 14.8 Å². The Kier molecular flexibility index (Phi) is 7.24. The average Bonchev–Trinajstić information content (AvgIpc) is 2.64. The molecule has 0 radical (unpaired) electrons. The van der Waals surface area contributed by atoms with Crippen LogP contribution in [0.3, 0.4) is 0 Å². The van der Waals surface area contributed by atoms with Gasteiger partial charge in [0.05, 0.1) is 23.2 Å². The maximum atomic E-state index is 11.9. The molecule has 0 saturated heterocycles. The number of hydrogen-bond acceptors (Lipinski definition) is 11. The number of aromatic nitrogens is 2. The normalized spacial score (nSPS) is 10.7. The van der Waals surface area contributed by atoms with Crippen molar-refractivity contribution in [3.8, 4) is 17.7 Å². The Morgan fingerprint density at radius 2 is 2.07 bits per heavy atom. The van der Waals surface area contributed by atoms with E-state index in [9.17, 15) is 23.3 Å². The van der Waals surface area contributed by atoms with E-state index in [1.54, 1.807) is 6.92 Å². The smallest absolute Gasteiger partial charge is 0.373 e. The SMILES string of the molecule is CCOC(=O)CNc1nc(S(C)(=O)=O)nc(Oc2cc(Br)cc(C#N)c2)c1[N+](=O)[O-]. The molecule has 1 N–H and O–H groups in total. The number of esters is 1. The lowest BCUT2D eigenvalue weighted by Gasteiger charge is -2.11. The molecule has 1 heterocycles. The second-order valence-corrected chi connectivity index (χ2v) is 8.41. The summed E-state index contributed by atoms with van der Waals surface area (Å²) >= 11 is 3.17. The fourth-order valence-corrected chi connectivity index (χ4v) is 3.08. The molecule has 0 aliphatic heterocycles. The molecule has 12 nitrogen and oxygen atoms in total. The third-order valence-corrected chi connectivity index (χ3v) is 4.57. The highest BCUT2D eigenvalue weighted by Gasteiger charge is 2.30. The first-order valence-corrected chi connectivity index (χ1v) is 10.8. The second-order valence-electron chi connectivity index (χ2n) is 5.59. The number of ether oxygens (including phenoxy) is 2. The molecule has 0 aliphatic rings. The predicted octanol–water partition coefficient (Wildman–Crippen LogP) is 2.19. The minimum Gasteiger partial charge on any atom is -0.465 e. The molecule has 0 spiro atoms. The van der Waals surface area contributed by atoms with Gasteiger partial charge in [-0.25, -0.2) is 8.42 Å². The highest BCUT2D eigenvalue weighted by Crippen LogP contribution is 2.36. The molecule has 0 saturated carbocycles. The van der Waals surface area contributed by atoms with Crippen molar-refractivity contribution in [2.45, 2.75) is 12.1 Å². The second kappa shape index (κ2) is 9.46. The number of nitrogens with one attached hydrogen (secondary N) is 1. The molecule has 0 fully saturated rings. The van der Waals surface area contributed by atoms with Crippen molar-refractivity contribution in [1.82, 2.24) is 9.97 Å². The first kappa shape index (κ1) is 23.0. The van der Waals surface area contributed by atoms with Crippen LogP contribution in [0.2, 0.25) is 0 Å². The van der Waals surface area contributed by atoms with E-state index in [2.05, 4.69) is 31.2 Å². The number of nitro groups is 1. The van der Waals surface area contributed by atoms with E-state index in [1.165, 1.54) is 18.2 Å². The van der Waals surface area contributed by atoms with Crippen molar-refractivity contribution in [1.29, 1.82) is 5.26 Å². The van der Waals surface area contributed by atoms with Gasteiger partial charge in [0.15, 0.2) is 0 Å². The van der Waals surface area contributed by atoms with Crippen molar-refractivity contribution in [3.63, 3.8) is 0 Å². The van der Waals surface area contributed by atoms with Crippen molar-refractivity contribution in [3.05, 3.63) is 38.3 Å². The highest BCUT2D eigenvalue weighted by molar-refractivity contribution is 9.10. The monoisotopic (exact) mass is 499 g/mol. The predicted molar refractivity (Wildman–Crippen MR) is 106 cm³/mol. The topological polar surface area (TPSA) is 174 Å². The lowest BCUT2D eigenvalue weighted by Crippen LogP contribution is -2.19. The van der Waals surface area contributed by atoms with Gasteiger partial charge in [0.2, 0.25) is 15.7 Å². The summed E-state index contributed by atoms with van der Waals surface area (Å²) in [6.07, 6.45) is 0.806. The van der Waals surface area contributed by atoms with Crippen LogP contribution < -0.4 is 10.1 Å². The summed E-state index contributed by atoms with van der Waals surface area (Å²) in [6.45, 7) is 1.15. The minimum atomic E-state index is -3.99. The van der Waals surface area contributed by atoms with Gasteiger partial charge in [-0.15, -0.1) is 0 Å². The van der Waals surface area contributed by atoms with Gasteiger partial charge in [-0.1, -0.05) is 15.9 Å².